The second kappa shape index (κ2) is 11.8. The van der Waals surface area contributed by atoms with Crippen molar-refractivity contribution < 1.29 is 9.18 Å². The summed E-state index contributed by atoms with van der Waals surface area (Å²) in [5, 5.41) is 0.800. The molecule has 5 rings (SSSR count). The van der Waals surface area contributed by atoms with Gasteiger partial charge in [-0.15, -0.1) is 0 Å². The Labute approximate surface area is 256 Å². The molecule has 0 unspecified atom stereocenters. The Morgan fingerprint density at radius 1 is 1.16 bits per heavy atom. The highest BCUT2D eigenvalue weighted by molar-refractivity contribution is 6.33. The second-order valence-corrected chi connectivity index (χ2v) is 11.9. The average Bonchev–Trinajstić information content (AvgIpc) is 2.96. The lowest BCUT2D eigenvalue weighted by molar-refractivity contribution is -0.126. The molecule has 10 heteroatoms. The fourth-order valence-corrected chi connectivity index (χ4v) is 6.01. The largest absolute Gasteiger partial charge is 0.378 e. The summed E-state index contributed by atoms with van der Waals surface area (Å²) in [4.78, 5) is 41.8. The fraction of sp³-hybridized carbons (Fsp3) is 0.333. The van der Waals surface area contributed by atoms with Crippen LogP contribution in [0, 0.1) is 12.7 Å². The molecule has 1 amide bonds. The highest BCUT2D eigenvalue weighted by Crippen LogP contribution is 2.37. The Bertz CT molecular complexity index is 1800. The molecule has 0 radical (unpaired) electrons. The molecule has 1 aliphatic heterocycles. The van der Waals surface area contributed by atoms with Crippen molar-refractivity contribution in [2.75, 3.05) is 43.5 Å². The van der Waals surface area contributed by atoms with Gasteiger partial charge in [0.1, 0.15) is 11.6 Å². The number of carbonyl (C=O) groups excluding carboxylic acids is 1. The highest BCUT2D eigenvalue weighted by Gasteiger charge is 2.30. The van der Waals surface area contributed by atoms with Crippen LogP contribution in [0.25, 0.3) is 28.0 Å². The molecular formula is C33H36ClFN6O2. The lowest BCUT2D eigenvalue weighted by Crippen LogP contribution is -2.54. The number of anilines is 2. The summed E-state index contributed by atoms with van der Waals surface area (Å²) in [6.45, 7) is 13.0. The minimum atomic E-state index is -0.504. The Morgan fingerprint density at radius 3 is 2.51 bits per heavy atom. The quantitative estimate of drug-likeness (QED) is 0.254. The summed E-state index contributed by atoms with van der Waals surface area (Å²) in [7, 11) is 3.95. The van der Waals surface area contributed by atoms with Gasteiger partial charge in [0.15, 0.2) is 5.65 Å². The summed E-state index contributed by atoms with van der Waals surface area (Å²) in [6.07, 6.45) is 1.31. The van der Waals surface area contributed by atoms with Gasteiger partial charge in [-0.25, -0.2) is 18.7 Å². The van der Waals surface area contributed by atoms with Crippen LogP contribution in [0.2, 0.25) is 5.02 Å². The maximum Gasteiger partial charge on any atom is 0.355 e. The molecule has 0 bridgehead atoms. The first kappa shape index (κ1) is 30.2. The first-order valence-electron chi connectivity index (χ1n) is 14.3. The normalized spacial score (nSPS) is 15.3. The third-order valence-corrected chi connectivity index (χ3v) is 8.28. The van der Waals surface area contributed by atoms with Crippen LogP contribution in [0.4, 0.5) is 15.9 Å². The van der Waals surface area contributed by atoms with E-state index in [4.69, 9.17) is 16.6 Å². The Hall–Kier alpha value is -4.24. The Balaban J connectivity index is 1.83. The molecule has 4 aromatic rings. The molecule has 1 saturated heterocycles. The van der Waals surface area contributed by atoms with E-state index in [0.29, 0.717) is 42.2 Å². The molecule has 43 heavy (non-hydrogen) atoms. The molecule has 224 valence electrons. The van der Waals surface area contributed by atoms with Crippen LogP contribution in [-0.4, -0.2) is 65.1 Å². The topological polar surface area (TPSA) is 74.6 Å². The van der Waals surface area contributed by atoms with Gasteiger partial charge in [-0.2, -0.15) is 4.98 Å². The third kappa shape index (κ3) is 5.49. The summed E-state index contributed by atoms with van der Waals surface area (Å²) >= 11 is 6.81. The summed E-state index contributed by atoms with van der Waals surface area (Å²) < 4.78 is 16.6. The lowest BCUT2D eigenvalue weighted by atomic mass is 9.96. The van der Waals surface area contributed by atoms with Gasteiger partial charge in [-0.3, -0.25) is 4.79 Å². The van der Waals surface area contributed by atoms with E-state index in [0.717, 1.165) is 16.8 Å². The maximum absolute atomic E-state index is 15.0. The molecule has 1 fully saturated rings. The molecular weight excluding hydrogens is 567 g/mol. The van der Waals surface area contributed by atoms with Crippen LogP contribution >= 0.6 is 11.6 Å². The average molecular weight is 603 g/mol. The number of nitrogens with zero attached hydrogens (tertiary/aromatic N) is 6. The first-order chi connectivity index (χ1) is 20.4. The molecule has 1 aliphatic rings. The number of hydrogen-bond donors (Lipinski definition) is 0. The van der Waals surface area contributed by atoms with Crippen molar-refractivity contribution in [2.45, 2.75) is 39.7 Å². The predicted molar refractivity (Wildman–Crippen MR) is 172 cm³/mol. The molecule has 3 heterocycles. The SMILES string of the molecule is C=CC(=O)N1CCN(c2nc(=O)n(-c3c(C)cc(N(C)C)cc3C(C)C)c3nc(-c4ccccc4F)c(Cl)cc23)[C@@H](C)C1. The smallest absolute Gasteiger partial charge is 0.355 e. The van der Waals surface area contributed by atoms with Crippen molar-refractivity contribution in [2.24, 2.45) is 0 Å². The predicted octanol–water partition coefficient (Wildman–Crippen LogP) is 5.96. The van der Waals surface area contributed by atoms with Crippen LogP contribution < -0.4 is 15.5 Å². The van der Waals surface area contributed by atoms with Gasteiger partial charge >= 0.3 is 5.69 Å². The van der Waals surface area contributed by atoms with E-state index < -0.39 is 11.5 Å². The summed E-state index contributed by atoms with van der Waals surface area (Å²) in [5.74, 6) is -0.107. The molecule has 0 N–H and O–H groups in total. The number of pyridine rings is 1. The van der Waals surface area contributed by atoms with Crippen LogP contribution in [-0.2, 0) is 4.79 Å². The van der Waals surface area contributed by atoms with Crippen molar-refractivity contribution in [1.82, 2.24) is 19.4 Å². The number of aromatic nitrogens is 3. The van der Waals surface area contributed by atoms with Crippen molar-refractivity contribution in [3.63, 3.8) is 0 Å². The number of benzene rings is 2. The van der Waals surface area contributed by atoms with Crippen molar-refractivity contribution in [3.8, 4) is 16.9 Å². The van der Waals surface area contributed by atoms with Crippen molar-refractivity contribution >= 4 is 40.0 Å². The van der Waals surface area contributed by atoms with E-state index in [2.05, 4.69) is 31.5 Å². The number of halogens is 2. The Morgan fingerprint density at radius 2 is 1.88 bits per heavy atom. The maximum atomic E-state index is 15.0. The minimum Gasteiger partial charge on any atom is -0.378 e. The zero-order valence-corrected chi connectivity index (χ0v) is 26.1. The standard InChI is InChI=1S/C33H36ClFN6O2/c1-8-28(42)39-13-14-40(21(5)18-39)31-25-17-26(34)29(23-11-9-10-12-27(23)35)36-32(25)41(33(43)37-31)30-20(4)15-22(38(6)7)16-24(30)19(2)3/h8-12,15-17,19,21H,1,13-14,18H2,2-7H3/t21-/m0/s1. The minimum absolute atomic E-state index is 0.0732. The number of hydrogen-bond acceptors (Lipinski definition) is 6. The van der Waals surface area contributed by atoms with Crippen LogP contribution in [0.3, 0.4) is 0 Å². The molecule has 2 aromatic heterocycles. The molecule has 2 aromatic carbocycles. The van der Waals surface area contributed by atoms with Crippen LogP contribution in [0.5, 0.6) is 0 Å². The first-order valence-corrected chi connectivity index (χ1v) is 14.7. The number of piperazine rings is 1. The molecule has 0 aliphatic carbocycles. The Kier molecular flexibility index (Phi) is 8.29. The van der Waals surface area contributed by atoms with Crippen LogP contribution in [0.15, 0.2) is 59.9 Å². The zero-order chi connectivity index (χ0) is 31.2. The number of rotatable bonds is 6. The number of fused-ring (bicyclic) bond motifs is 1. The van der Waals surface area contributed by atoms with Gasteiger partial charge < -0.3 is 14.7 Å². The number of carbonyl (C=O) groups is 1. The van der Waals surface area contributed by atoms with Gasteiger partial charge in [-0.05, 0) is 67.3 Å². The van der Waals surface area contributed by atoms with E-state index in [1.165, 1.54) is 16.7 Å². The van der Waals surface area contributed by atoms with E-state index in [1.54, 1.807) is 29.2 Å². The van der Waals surface area contributed by atoms with E-state index in [1.807, 2.05) is 43.8 Å². The van der Waals surface area contributed by atoms with Gasteiger partial charge in [0, 0.05) is 51.0 Å². The summed E-state index contributed by atoms with van der Waals surface area (Å²) in [6, 6.07) is 12.0. The highest BCUT2D eigenvalue weighted by atomic mass is 35.5. The van der Waals surface area contributed by atoms with Crippen LogP contribution in [0.1, 0.15) is 37.8 Å². The zero-order valence-electron chi connectivity index (χ0n) is 25.4. The number of aryl methyl sites for hydroxylation is 1. The van der Waals surface area contributed by atoms with E-state index in [9.17, 15) is 9.59 Å². The molecule has 1 atom stereocenters. The van der Waals surface area contributed by atoms with Gasteiger partial charge in [0.25, 0.3) is 0 Å². The monoisotopic (exact) mass is 602 g/mol. The fourth-order valence-electron chi connectivity index (χ4n) is 5.76. The van der Waals surface area contributed by atoms with E-state index in [-0.39, 0.29) is 34.1 Å². The lowest BCUT2D eigenvalue weighted by Gasteiger charge is -2.40. The van der Waals surface area contributed by atoms with Gasteiger partial charge in [-0.1, -0.05) is 44.2 Å². The number of amides is 1. The third-order valence-electron chi connectivity index (χ3n) is 7.99. The van der Waals surface area contributed by atoms with Gasteiger partial charge in [0.05, 0.1) is 21.8 Å². The molecule has 0 spiro atoms. The molecule has 8 nitrogen and oxygen atoms in total. The van der Waals surface area contributed by atoms with Gasteiger partial charge in [0.2, 0.25) is 5.91 Å². The van der Waals surface area contributed by atoms with E-state index >= 15 is 4.39 Å². The van der Waals surface area contributed by atoms with Crippen molar-refractivity contribution in [3.05, 3.63) is 87.6 Å². The summed E-state index contributed by atoms with van der Waals surface area (Å²) in [5.41, 5.74) is 3.83. The second-order valence-electron chi connectivity index (χ2n) is 11.5. The van der Waals surface area contributed by atoms with Crippen molar-refractivity contribution in [1.29, 1.82) is 0 Å². The molecule has 0 saturated carbocycles.